The highest BCUT2D eigenvalue weighted by Gasteiger charge is 2.18. The average molecular weight is 222 g/mol. The molecule has 1 amide bonds. The van der Waals surface area contributed by atoms with Crippen LogP contribution in [0.5, 0.6) is 5.75 Å². The third kappa shape index (κ3) is 2.73. The number of benzene rings is 1. The first-order valence-electron chi connectivity index (χ1n) is 5.28. The molecule has 0 radical (unpaired) electrons. The quantitative estimate of drug-likeness (QED) is 0.680. The van der Waals surface area contributed by atoms with Crippen LogP contribution in [0.2, 0.25) is 0 Å². The van der Waals surface area contributed by atoms with E-state index in [2.05, 4.69) is 5.32 Å². The lowest BCUT2D eigenvalue weighted by Crippen LogP contribution is -2.39. The zero-order valence-electron chi connectivity index (χ0n) is 9.82. The maximum absolute atomic E-state index is 11.7. The summed E-state index contributed by atoms with van der Waals surface area (Å²) in [6.07, 6.45) is 0. The molecule has 4 heteroatoms. The van der Waals surface area contributed by atoms with E-state index >= 15 is 0 Å². The van der Waals surface area contributed by atoms with E-state index in [1.54, 1.807) is 25.1 Å². The fourth-order valence-corrected chi connectivity index (χ4v) is 1.28. The van der Waals surface area contributed by atoms with Crippen LogP contribution < -0.4 is 11.1 Å². The molecule has 0 bridgehead atoms. The summed E-state index contributed by atoms with van der Waals surface area (Å²) < 4.78 is 0. The molecule has 0 aliphatic carbocycles. The zero-order chi connectivity index (χ0) is 12.3. The van der Waals surface area contributed by atoms with Crippen LogP contribution in [-0.4, -0.2) is 17.1 Å². The predicted octanol–water partition coefficient (Wildman–Crippen LogP) is 1.62. The highest BCUT2D eigenvalue weighted by Crippen LogP contribution is 2.26. The van der Waals surface area contributed by atoms with Gasteiger partial charge in [0.1, 0.15) is 5.75 Å². The maximum atomic E-state index is 11.7. The van der Waals surface area contributed by atoms with E-state index in [9.17, 15) is 9.90 Å². The highest BCUT2D eigenvalue weighted by molar-refractivity contribution is 5.96. The smallest absolute Gasteiger partial charge is 0.241 e. The first-order chi connectivity index (χ1) is 7.43. The molecule has 0 aliphatic heterocycles. The molecule has 0 heterocycles. The van der Waals surface area contributed by atoms with E-state index in [-0.39, 0.29) is 17.6 Å². The van der Waals surface area contributed by atoms with Gasteiger partial charge in [0.05, 0.1) is 11.7 Å². The molecule has 0 aliphatic rings. The minimum atomic E-state index is -0.570. The van der Waals surface area contributed by atoms with E-state index < -0.39 is 6.04 Å². The van der Waals surface area contributed by atoms with Crippen LogP contribution in [0.1, 0.15) is 19.4 Å². The van der Waals surface area contributed by atoms with Gasteiger partial charge >= 0.3 is 0 Å². The Hall–Kier alpha value is -1.55. The molecule has 0 saturated carbocycles. The lowest BCUT2D eigenvalue weighted by molar-refractivity contribution is -0.118. The minimum Gasteiger partial charge on any atom is -0.505 e. The van der Waals surface area contributed by atoms with Gasteiger partial charge < -0.3 is 16.2 Å². The number of aryl methyl sites for hydroxylation is 1. The molecular formula is C12H18N2O2. The number of phenolic OH excluding ortho intramolecular Hbond substituents is 1. The number of carbonyl (C=O) groups excluding carboxylic acids is 1. The summed E-state index contributed by atoms with van der Waals surface area (Å²) >= 11 is 0. The van der Waals surface area contributed by atoms with Crippen LogP contribution in [0.15, 0.2) is 18.2 Å². The monoisotopic (exact) mass is 222 g/mol. The molecule has 1 rings (SSSR count). The van der Waals surface area contributed by atoms with Crippen molar-refractivity contribution in [2.45, 2.75) is 26.8 Å². The first kappa shape index (κ1) is 12.5. The Balaban J connectivity index is 2.81. The SMILES string of the molecule is Cc1cccc(NC(=O)C(N)C(C)C)c1O. The first-order valence-corrected chi connectivity index (χ1v) is 5.28. The number of aromatic hydroxyl groups is 1. The van der Waals surface area contributed by atoms with Crippen molar-refractivity contribution in [2.75, 3.05) is 5.32 Å². The van der Waals surface area contributed by atoms with Crippen molar-refractivity contribution >= 4 is 11.6 Å². The fourth-order valence-electron chi connectivity index (χ4n) is 1.28. The van der Waals surface area contributed by atoms with Gasteiger partial charge in [-0.25, -0.2) is 0 Å². The van der Waals surface area contributed by atoms with Crippen LogP contribution in [0.25, 0.3) is 0 Å². The van der Waals surface area contributed by atoms with Crippen LogP contribution in [-0.2, 0) is 4.79 Å². The number of para-hydroxylation sites is 1. The van der Waals surface area contributed by atoms with Gasteiger partial charge in [-0.2, -0.15) is 0 Å². The molecule has 0 aromatic heterocycles. The van der Waals surface area contributed by atoms with Crippen LogP contribution in [0, 0.1) is 12.8 Å². The second-order valence-corrected chi connectivity index (χ2v) is 4.23. The van der Waals surface area contributed by atoms with Crippen LogP contribution >= 0.6 is 0 Å². The lowest BCUT2D eigenvalue weighted by atomic mass is 10.0. The predicted molar refractivity (Wildman–Crippen MR) is 64.3 cm³/mol. The van der Waals surface area contributed by atoms with Gasteiger partial charge in [-0.3, -0.25) is 4.79 Å². The normalized spacial score (nSPS) is 12.6. The van der Waals surface area contributed by atoms with E-state index in [0.717, 1.165) is 5.56 Å². The summed E-state index contributed by atoms with van der Waals surface area (Å²) in [6.45, 7) is 5.52. The number of nitrogens with one attached hydrogen (secondary N) is 1. The van der Waals surface area contributed by atoms with Crippen molar-refractivity contribution < 1.29 is 9.90 Å². The summed E-state index contributed by atoms with van der Waals surface area (Å²) in [4.78, 5) is 11.7. The van der Waals surface area contributed by atoms with Gasteiger partial charge in [0.15, 0.2) is 0 Å². The average Bonchev–Trinajstić information content (AvgIpc) is 2.23. The van der Waals surface area contributed by atoms with Gasteiger partial charge in [0.25, 0.3) is 0 Å². The summed E-state index contributed by atoms with van der Waals surface area (Å²) in [5, 5.41) is 12.3. The zero-order valence-corrected chi connectivity index (χ0v) is 9.82. The third-order valence-corrected chi connectivity index (χ3v) is 2.52. The largest absolute Gasteiger partial charge is 0.505 e. The standard InChI is InChI=1S/C12H18N2O2/c1-7(2)10(13)12(16)14-9-6-4-5-8(3)11(9)15/h4-7,10,15H,13H2,1-3H3,(H,14,16). The molecule has 0 saturated heterocycles. The Morgan fingerprint density at radius 1 is 1.44 bits per heavy atom. The molecule has 1 aromatic carbocycles. The molecular weight excluding hydrogens is 204 g/mol. The second kappa shape index (κ2) is 4.99. The number of rotatable bonds is 3. The number of amides is 1. The Kier molecular flexibility index (Phi) is 3.90. The molecule has 4 nitrogen and oxygen atoms in total. The van der Waals surface area contributed by atoms with E-state index in [4.69, 9.17) is 5.73 Å². The highest BCUT2D eigenvalue weighted by atomic mass is 16.3. The summed E-state index contributed by atoms with van der Waals surface area (Å²) in [5.74, 6) is -0.130. The Morgan fingerprint density at radius 3 is 2.62 bits per heavy atom. The molecule has 1 unspecified atom stereocenters. The molecule has 0 fully saturated rings. The van der Waals surface area contributed by atoms with Gasteiger partial charge in [0, 0.05) is 0 Å². The topological polar surface area (TPSA) is 75.4 Å². The minimum absolute atomic E-state index is 0.0620. The number of phenols is 1. The van der Waals surface area contributed by atoms with Crippen molar-refractivity contribution in [3.05, 3.63) is 23.8 Å². The van der Waals surface area contributed by atoms with Crippen molar-refractivity contribution in [3.8, 4) is 5.75 Å². The van der Waals surface area contributed by atoms with E-state index in [1.165, 1.54) is 0 Å². The Morgan fingerprint density at radius 2 is 2.06 bits per heavy atom. The van der Waals surface area contributed by atoms with Crippen molar-refractivity contribution in [1.82, 2.24) is 0 Å². The van der Waals surface area contributed by atoms with Crippen molar-refractivity contribution in [3.63, 3.8) is 0 Å². The maximum Gasteiger partial charge on any atom is 0.241 e. The van der Waals surface area contributed by atoms with Crippen molar-refractivity contribution in [2.24, 2.45) is 11.7 Å². The molecule has 16 heavy (non-hydrogen) atoms. The number of carbonyl (C=O) groups is 1. The van der Waals surface area contributed by atoms with Crippen LogP contribution in [0.4, 0.5) is 5.69 Å². The second-order valence-electron chi connectivity index (χ2n) is 4.23. The van der Waals surface area contributed by atoms with Crippen LogP contribution in [0.3, 0.4) is 0 Å². The Bertz CT molecular complexity index is 389. The molecule has 1 aromatic rings. The summed E-state index contributed by atoms with van der Waals surface area (Å²) in [6, 6.07) is 4.62. The number of anilines is 1. The number of nitrogens with two attached hydrogens (primary N) is 1. The number of hydrogen-bond acceptors (Lipinski definition) is 3. The fraction of sp³-hybridized carbons (Fsp3) is 0.417. The number of hydrogen-bond donors (Lipinski definition) is 3. The third-order valence-electron chi connectivity index (χ3n) is 2.52. The summed E-state index contributed by atoms with van der Waals surface area (Å²) in [5.41, 5.74) is 6.82. The van der Waals surface area contributed by atoms with Gasteiger partial charge in [-0.1, -0.05) is 26.0 Å². The Labute approximate surface area is 95.5 Å². The van der Waals surface area contributed by atoms with Gasteiger partial charge in [-0.05, 0) is 24.5 Å². The van der Waals surface area contributed by atoms with E-state index in [0.29, 0.717) is 5.69 Å². The van der Waals surface area contributed by atoms with Gasteiger partial charge in [0.2, 0.25) is 5.91 Å². The molecule has 0 spiro atoms. The van der Waals surface area contributed by atoms with E-state index in [1.807, 2.05) is 13.8 Å². The molecule has 1 atom stereocenters. The summed E-state index contributed by atoms with van der Waals surface area (Å²) in [7, 11) is 0. The lowest BCUT2D eigenvalue weighted by Gasteiger charge is -2.16. The van der Waals surface area contributed by atoms with Crippen molar-refractivity contribution in [1.29, 1.82) is 0 Å². The van der Waals surface area contributed by atoms with Gasteiger partial charge in [-0.15, -0.1) is 0 Å². The molecule has 88 valence electrons. The molecule has 4 N–H and O–H groups in total.